The molecule has 1 aliphatic carbocycles. The van der Waals surface area contributed by atoms with Crippen LogP contribution in [-0.2, 0) is 20.9 Å². The highest BCUT2D eigenvalue weighted by Gasteiger charge is 2.20. The molecule has 0 bridgehead atoms. The number of amides is 2. The van der Waals surface area contributed by atoms with Crippen LogP contribution in [0.15, 0.2) is 24.3 Å². The van der Waals surface area contributed by atoms with Crippen molar-refractivity contribution < 1.29 is 14.3 Å². The Kier molecular flexibility index (Phi) is 12.2. The predicted octanol–water partition coefficient (Wildman–Crippen LogP) is 1.81. The third-order valence-electron chi connectivity index (χ3n) is 4.87. The minimum Gasteiger partial charge on any atom is -0.379 e. The van der Waals surface area contributed by atoms with Gasteiger partial charge in [0.05, 0.1) is 19.8 Å². The summed E-state index contributed by atoms with van der Waals surface area (Å²) in [5, 5.41) is 9.03. The fraction of sp³-hybridized carbons (Fsp3) is 0.600. The van der Waals surface area contributed by atoms with Gasteiger partial charge in [-0.15, -0.1) is 24.8 Å². The fourth-order valence-corrected chi connectivity index (χ4v) is 3.04. The largest absolute Gasteiger partial charge is 0.379 e. The van der Waals surface area contributed by atoms with Crippen LogP contribution in [0.1, 0.15) is 24.8 Å². The van der Waals surface area contributed by atoms with Crippen LogP contribution < -0.4 is 16.0 Å². The van der Waals surface area contributed by atoms with Gasteiger partial charge in [0.25, 0.3) is 0 Å². The average Bonchev–Trinajstić information content (AvgIpc) is 3.50. The van der Waals surface area contributed by atoms with Crippen LogP contribution in [-0.4, -0.2) is 62.7 Å². The Bertz CT molecular complexity index is 638. The lowest BCUT2D eigenvalue weighted by molar-refractivity contribution is -0.120. The number of hydrogen-bond donors (Lipinski definition) is 3. The molecule has 9 heteroatoms. The monoisotopic (exact) mass is 446 g/mol. The number of nitrogens with zero attached hydrogens (tertiary/aromatic N) is 1. The first-order chi connectivity index (χ1) is 13.2. The van der Waals surface area contributed by atoms with Crippen molar-refractivity contribution in [2.75, 3.05) is 51.3 Å². The molecule has 2 amide bonds. The van der Waals surface area contributed by atoms with E-state index in [2.05, 4.69) is 20.9 Å². The molecule has 1 aliphatic heterocycles. The number of halogens is 2. The molecular formula is C20H32Cl2N4O3. The molecule has 3 rings (SSSR count). The van der Waals surface area contributed by atoms with Crippen molar-refractivity contribution in [3.05, 3.63) is 29.8 Å². The summed E-state index contributed by atoms with van der Waals surface area (Å²) < 4.78 is 5.31. The van der Waals surface area contributed by atoms with Crippen molar-refractivity contribution in [2.24, 2.45) is 5.92 Å². The van der Waals surface area contributed by atoms with Gasteiger partial charge in [-0.05, 0) is 43.0 Å². The second-order valence-corrected chi connectivity index (χ2v) is 7.30. The third-order valence-corrected chi connectivity index (χ3v) is 4.87. The molecule has 0 unspecified atom stereocenters. The summed E-state index contributed by atoms with van der Waals surface area (Å²) in [7, 11) is 0. The maximum atomic E-state index is 12.2. The second kappa shape index (κ2) is 13.8. The van der Waals surface area contributed by atoms with E-state index in [4.69, 9.17) is 4.74 Å². The van der Waals surface area contributed by atoms with Crippen LogP contribution in [0.2, 0.25) is 0 Å². The summed E-state index contributed by atoms with van der Waals surface area (Å²) in [5.74, 6) is 0.767. The second-order valence-electron chi connectivity index (χ2n) is 7.30. The van der Waals surface area contributed by atoms with Crippen LogP contribution in [0.25, 0.3) is 0 Å². The maximum absolute atomic E-state index is 12.2. The zero-order valence-electron chi connectivity index (χ0n) is 16.7. The molecule has 2 fully saturated rings. The van der Waals surface area contributed by atoms with Crippen molar-refractivity contribution in [2.45, 2.75) is 25.8 Å². The normalized spacial score (nSPS) is 16.3. The lowest BCUT2D eigenvalue weighted by Gasteiger charge is -2.26. The molecule has 7 nitrogen and oxygen atoms in total. The Morgan fingerprint density at radius 3 is 2.59 bits per heavy atom. The third kappa shape index (κ3) is 10.3. The molecule has 2 aliphatic rings. The van der Waals surface area contributed by atoms with Crippen LogP contribution in [0, 0.1) is 5.92 Å². The highest BCUT2D eigenvalue weighted by atomic mass is 35.5. The van der Waals surface area contributed by atoms with E-state index in [1.54, 1.807) is 0 Å². The number of nitrogens with one attached hydrogen (secondary N) is 3. The van der Waals surface area contributed by atoms with Gasteiger partial charge < -0.3 is 20.7 Å². The van der Waals surface area contributed by atoms with E-state index in [0.29, 0.717) is 19.5 Å². The highest BCUT2D eigenvalue weighted by Crippen LogP contribution is 2.27. The standard InChI is InChI=1S/C20H30N4O3.2ClH/c25-19(6-7-24-8-10-27-11-9-24)23-18-3-1-2-17(12-18)14-22-20(26)15-21-13-16-4-5-16;;/h1-3,12,16,21H,4-11,13-15H2,(H,22,26)(H,23,25);2*1H. The summed E-state index contributed by atoms with van der Waals surface area (Å²) in [6, 6.07) is 7.62. The van der Waals surface area contributed by atoms with Gasteiger partial charge in [0.15, 0.2) is 0 Å². The highest BCUT2D eigenvalue weighted by molar-refractivity contribution is 5.90. The van der Waals surface area contributed by atoms with Gasteiger partial charge >= 0.3 is 0 Å². The Labute approximate surface area is 185 Å². The van der Waals surface area contributed by atoms with E-state index >= 15 is 0 Å². The van der Waals surface area contributed by atoms with Crippen molar-refractivity contribution in [1.82, 2.24) is 15.5 Å². The first kappa shape index (κ1) is 25.7. The van der Waals surface area contributed by atoms with E-state index in [1.807, 2.05) is 24.3 Å². The Hall–Kier alpha value is -1.38. The summed E-state index contributed by atoms with van der Waals surface area (Å²) in [6.45, 7) is 5.75. The molecule has 1 aromatic rings. The predicted molar refractivity (Wildman–Crippen MR) is 119 cm³/mol. The Balaban J connectivity index is 0.00000210. The zero-order chi connectivity index (χ0) is 18.9. The number of rotatable bonds is 10. The molecule has 1 saturated carbocycles. The molecule has 29 heavy (non-hydrogen) atoms. The molecule has 0 aromatic heterocycles. The average molecular weight is 447 g/mol. The van der Waals surface area contributed by atoms with Crippen molar-refractivity contribution in [3.63, 3.8) is 0 Å². The van der Waals surface area contributed by atoms with E-state index in [9.17, 15) is 9.59 Å². The molecule has 3 N–H and O–H groups in total. The number of hydrogen-bond acceptors (Lipinski definition) is 5. The lowest BCUT2D eigenvalue weighted by Crippen LogP contribution is -2.38. The van der Waals surface area contributed by atoms with Gasteiger partial charge in [0.1, 0.15) is 0 Å². The van der Waals surface area contributed by atoms with E-state index in [-0.39, 0.29) is 36.6 Å². The summed E-state index contributed by atoms with van der Waals surface area (Å²) in [4.78, 5) is 26.3. The van der Waals surface area contributed by atoms with Gasteiger partial charge in [-0.1, -0.05) is 12.1 Å². The van der Waals surface area contributed by atoms with Crippen LogP contribution in [0.5, 0.6) is 0 Å². The zero-order valence-corrected chi connectivity index (χ0v) is 18.3. The maximum Gasteiger partial charge on any atom is 0.234 e. The first-order valence-corrected chi connectivity index (χ1v) is 9.85. The summed E-state index contributed by atoms with van der Waals surface area (Å²) in [6.07, 6.45) is 3.02. The van der Waals surface area contributed by atoms with Gasteiger partial charge in [-0.3, -0.25) is 14.5 Å². The molecule has 164 valence electrons. The number of carbonyl (C=O) groups is 2. The van der Waals surface area contributed by atoms with E-state index in [1.165, 1.54) is 12.8 Å². The minimum absolute atomic E-state index is 0. The van der Waals surface area contributed by atoms with Crippen LogP contribution >= 0.6 is 24.8 Å². The molecule has 0 atom stereocenters. The SMILES string of the molecule is Cl.Cl.O=C(CNCC1CC1)NCc1cccc(NC(=O)CCN2CCOCC2)c1. The van der Waals surface area contributed by atoms with Gasteiger partial charge in [0, 0.05) is 38.3 Å². The van der Waals surface area contributed by atoms with Gasteiger partial charge in [-0.25, -0.2) is 0 Å². The minimum atomic E-state index is -0.00407. The van der Waals surface area contributed by atoms with Crippen molar-refractivity contribution in [1.29, 1.82) is 0 Å². The Morgan fingerprint density at radius 2 is 1.86 bits per heavy atom. The van der Waals surface area contributed by atoms with Gasteiger partial charge in [-0.2, -0.15) is 0 Å². The van der Waals surface area contributed by atoms with Gasteiger partial charge in [0.2, 0.25) is 11.8 Å². The number of benzene rings is 1. The topological polar surface area (TPSA) is 82.7 Å². The van der Waals surface area contributed by atoms with E-state index < -0.39 is 0 Å². The fourth-order valence-electron chi connectivity index (χ4n) is 3.04. The number of anilines is 1. The number of carbonyl (C=O) groups excluding carboxylic acids is 2. The molecule has 0 radical (unpaired) electrons. The number of ether oxygens (including phenoxy) is 1. The Morgan fingerprint density at radius 1 is 1.10 bits per heavy atom. The molecular weight excluding hydrogens is 415 g/mol. The van der Waals surface area contributed by atoms with Crippen molar-refractivity contribution >= 4 is 42.3 Å². The van der Waals surface area contributed by atoms with Crippen molar-refractivity contribution in [3.8, 4) is 0 Å². The quantitative estimate of drug-likeness (QED) is 0.510. The number of morpholine rings is 1. The summed E-state index contributed by atoms with van der Waals surface area (Å²) >= 11 is 0. The summed E-state index contributed by atoms with van der Waals surface area (Å²) in [5.41, 5.74) is 1.73. The molecule has 0 spiro atoms. The van der Waals surface area contributed by atoms with Crippen LogP contribution in [0.3, 0.4) is 0 Å². The van der Waals surface area contributed by atoms with E-state index in [0.717, 1.165) is 56.6 Å². The lowest BCUT2D eigenvalue weighted by atomic mass is 10.2. The smallest absolute Gasteiger partial charge is 0.234 e. The molecule has 1 saturated heterocycles. The van der Waals surface area contributed by atoms with Crippen LogP contribution in [0.4, 0.5) is 5.69 Å². The first-order valence-electron chi connectivity index (χ1n) is 9.85. The molecule has 1 heterocycles. The molecule has 1 aromatic carbocycles.